The number of methoxy groups -OCH3 is 2. The zero-order valence-electron chi connectivity index (χ0n) is 7.62. The quantitative estimate of drug-likeness (QED) is 0.581. The van der Waals surface area contributed by atoms with Gasteiger partial charge in [-0.3, -0.25) is 0 Å². The molecule has 0 saturated carbocycles. The SMILES string of the molecule is COC(CC1COCCO1)OC. The second kappa shape index (κ2) is 5.48. The van der Waals surface area contributed by atoms with Crippen molar-refractivity contribution < 1.29 is 18.9 Å². The second-order valence-electron chi connectivity index (χ2n) is 2.70. The Bertz CT molecular complexity index is 108. The third-order valence-electron chi connectivity index (χ3n) is 1.87. The molecule has 0 N–H and O–H groups in total. The summed E-state index contributed by atoms with van der Waals surface area (Å²) in [5.41, 5.74) is 0. The van der Waals surface area contributed by atoms with Gasteiger partial charge >= 0.3 is 0 Å². The van der Waals surface area contributed by atoms with Crippen LogP contribution < -0.4 is 0 Å². The molecule has 0 aromatic carbocycles. The topological polar surface area (TPSA) is 36.9 Å². The lowest BCUT2D eigenvalue weighted by molar-refractivity contribution is -0.157. The lowest BCUT2D eigenvalue weighted by atomic mass is 10.2. The Morgan fingerprint density at radius 2 is 2.08 bits per heavy atom. The normalized spacial score (nSPS) is 24.8. The maximum atomic E-state index is 5.43. The van der Waals surface area contributed by atoms with Gasteiger partial charge in [0.25, 0.3) is 0 Å². The van der Waals surface area contributed by atoms with Gasteiger partial charge in [-0.2, -0.15) is 0 Å². The molecule has 0 spiro atoms. The molecular formula is C8H16O4. The van der Waals surface area contributed by atoms with Crippen molar-refractivity contribution in [1.29, 1.82) is 0 Å². The molecule has 0 aromatic heterocycles. The van der Waals surface area contributed by atoms with Gasteiger partial charge in [0, 0.05) is 20.6 Å². The van der Waals surface area contributed by atoms with Crippen LogP contribution in [0.25, 0.3) is 0 Å². The van der Waals surface area contributed by atoms with Crippen LogP contribution in [-0.4, -0.2) is 46.4 Å². The number of hydrogen-bond acceptors (Lipinski definition) is 4. The summed E-state index contributed by atoms with van der Waals surface area (Å²) >= 11 is 0. The van der Waals surface area contributed by atoms with E-state index < -0.39 is 0 Å². The van der Waals surface area contributed by atoms with E-state index in [4.69, 9.17) is 18.9 Å². The summed E-state index contributed by atoms with van der Waals surface area (Å²) in [4.78, 5) is 0. The van der Waals surface area contributed by atoms with E-state index in [1.165, 1.54) is 0 Å². The summed E-state index contributed by atoms with van der Waals surface area (Å²) in [5, 5.41) is 0. The Kier molecular flexibility index (Phi) is 4.53. The number of rotatable bonds is 4. The van der Waals surface area contributed by atoms with E-state index in [-0.39, 0.29) is 12.4 Å². The molecule has 0 radical (unpaired) electrons. The van der Waals surface area contributed by atoms with Gasteiger partial charge in [0.1, 0.15) is 0 Å². The molecule has 1 aliphatic rings. The van der Waals surface area contributed by atoms with Crippen molar-refractivity contribution in [3.63, 3.8) is 0 Å². The van der Waals surface area contributed by atoms with Crippen molar-refractivity contribution in [3.8, 4) is 0 Å². The van der Waals surface area contributed by atoms with E-state index >= 15 is 0 Å². The molecule has 4 nitrogen and oxygen atoms in total. The molecule has 0 amide bonds. The summed E-state index contributed by atoms with van der Waals surface area (Å²) in [6, 6.07) is 0. The van der Waals surface area contributed by atoms with Gasteiger partial charge in [-0.1, -0.05) is 0 Å². The van der Waals surface area contributed by atoms with E-state index in [1.54, 1.807) is 14.2 Å². The van der Waals surface area contributed by atoms with E-state index in [2.05, 4.69) is 0 Å². The minimum absolute atomic E-state index is 0.114. The van der Waals surface area contributed by atoms with Crippen LogP contribution in [0.2, 0.25) is 0 Å². The van der Waals surface area contributed by atoms with Crippen LogP contribution in [0.15, 0.2) is 0 Å². The first kappa shape index (κ1) is 9.92. The highest BCUT2D eigenvalue weighted by molar-refractivity contribution is 4.62. The van der Waals surface area contributed by atoms with E-state index in [1.807, 2.05) is 0 Å². The molecule has 1 saturated heterocycles. The van der Waals surface area contributed by atoms with Crippen LogP contribution in [-0.2, 0) is 18.9 Å². The molecule has 1 unspecified atom stereocenters. The zero-order chi connectivity index (χ0) is 8.81. The highest BCUT2D eigenvalue weighted by Crippen LogP contribution is 2.10. The van der Waals surface area contributed by atoms with Gasteiger partial charge in [-0.05, 0) is 0 Å². The second-order valence-corrected chi connectivity index (χ2v) is 2.70. The van der Waals surface area contributed by atoms with Crippen molar-refractivity contribution in [3.05, 3.63) is 0 Å². The smallest absolute Gasteiger partial charge is 0.159 e. The Labute approximate surface area is 72.7 Å². The Morgan fingerprint density at radius 3 is 2.58 bits per heavy atom. The van der Waals surface area contributed by atoms with Crippen LogP contribution in [0, 0.1) is 0 Å². The third kappa shape index (κ3) is 3.06. The van der Waals surface area contributed by atoms with Crippen molar-refractivity contribution in [1.82, 2.24) is 0 Å². The molecule has 12 heavy (non-hydrogen) atoms. The van der Waals surface area contributed by atoms with Gasteiger partial charge < -0.3 is 18.9 Å². The van der Waals surface area contributed by atoms with Crippen LogP contribution in [0.5, 0.6) is 0 Å². The van der Waals surface area contributed by atoms with E-state index in [9.17, 15) is 0 Å². The summed E-state index contributed by atoms with van der Waals surface area (Å²) in [6.45, 7) is 2.01. The molecule has 1 fully saturated rings. The summed E-state index contributed by atoms with van der Waals surface area (Å²) in [7, 11) is 3.25. The lowest BCUT2D eigenvalue weighted by Crippen LogP contribution is -2.33. The van der Waals surface area contributed by atoms with Crippen LogP contribution in [0.1, 0.15) is 6.42 Å². The van der Waals surface area contributed by atoms with Gasteiger partial charge in [-0.25, -0.2) is 0 Å². The minimum atomic E-state index is -0.184. The molecule has 4 heteroatoms. The third-order valence-corrected chi connectivity index (χ3v) is 1.87. The lowest BCUT2D eigenvalue weighted by Gasteiger charge is -2.25. The fraction of sp³-hybridized carbons (Fsp3) is 1.00. The van der Waals surface area contributed by atoms with Crippen molar-refractivity contribution in [2.75, 3.05) is 34.0 Å². The maximum Gasteiger partial charge on any atom is 0.159 e. The van der Waals surface area contributed by atoms with Gasteiger partial charge in [0.2, 0.25) is 0 Å². The highest BCUT2D eigenvalue weighted by Gasteiger charge is 2.19. The van der Waals surface area contributed by atoms with Crippen LogP contribution in [0.4, 0.5) is 0 Å². The molecule has 1 atom stereocenters. The summed E-state index contributed by atoms with van der Waals surface area (Å²) < 4.78 is 20.8. The largest absolute Gasteiger partial charge is 0.376 e. The average Bonchev–Trinajstić information content (AvgIpc) is 2.16. The predicted molar refractivity (Wildman–Crippen MR) is 43.0 cm³/mol. The molecule has 1 heterocycles. The first-order chi connectivity index (χ1) is 5.86. The van der Waals surface area contributed by atoms with Crippen molar-refractivity contribution >= 4 is 0 Å². The van der Waals surface area contributed by atoms with Gasteiger partial charge in [0.15, 0.2) is 6.29 Å². The fourth-order valence-electron chi connectivity index (χ4n) is 1.18. The van der Waals surface area contributed by atoms with Crippen molar-refractivity contribution in [2.45, 2.75) is 18.8 Å². The summed E-state index contributed by atoms with van der Waals surface area (Å²) in [5.74, 6) is 0. The average molecular weight is 176 g/mol. The molecular weight excluding hydrogens is 160 g/mol. The monoisotopic (exact) mass is 176 g/mol. The highest BCUT2D eigenvalue weighted by atomic mass is 16.7. The van der Waals surface area contributed by atoms with Gasteiger partial charge in [0.05, 0.1) is 25.9 Å². The molecule has 1 rings (SSSR count). The van der Waals surface area contributed by atoms with Crippen LogP contribution >= 0.6 is 0 Å². The first-order valence-electron chi connectivity index (χ1n) is 4.11. The molecule has 72 valence electrons. The Balaban J connectivity index is 2.18. The maximum absolute atomic E-state index is 5.43. The standard InChI is InChI=1S/C8H16O4/c1-9-8(10-2)5-7-6-11-3-4-12-7/h7-8H,3-6H2,1-2H3. The van der Waals surface area contributed by atoms with Crippen LogP contribution in [0.3, 0.4) is 0 Å². The Hall–Kier alpha value is -0.160. The predicted octanol–water partition coefficient (Wildman–Crippen LogP) is 0.411. The zero-order valence-corrected chi connectivity index (χ0v) is 7.62. The minimum Gasteiger partial charge on any atom is -0.376 e. The molecule has 0 aliphatic carbocycles. The summed E-state index contributed by atoms with van der Waals surface area (Å²) in [6.07, 6.45) is 0.660. The van der Waals surface area contributed by atoms with Crippen molar-refractivity contribution in [2.24, 2.45) is 0 Å². The molecule has 0 aromatic rings. The number of ether oxygens (including phenoxy) is 4. The van der Waals surface area contributed by atoms with E-state index in [0.29, 0.717) is 19.8 Å². The number of hydrogen-bond donors (Lipinski definition) is 0. The van der Waals surface area contributed by atoms with Gasteiger partial charge in [-0.15, -0.1) is 0 Å². The fourth-order valence-corrected chi connectivity index (χ4v) is 1.18. The Morgan fingerprint density at radius 1 is 1.33 bits per heavy atom. The first-order valence-corrected chi connectivity index (χ1v) is 4.11. The molecule has 0 bridgehead atoms. The van der Waals surface area contributed by atoms with E-state index in [0.717, 1.165) is 6.42 Å². The molecule has 1 aliphatic heterocycles.